The van der Waals surface area contributed by atoms with E-state index in [0.29, 0.717) is 31.8 Å². The van der Waals surface area contributed by atoms with Gasteiger partial charge in [-0.25, -0.2) is 0 Å². The van der Waals surface area contributed by atoms with Crippen molar-refractivity contribution >= 4 is 11.8 Å². The number of unbranched alkanes of at least 4 members (excludes halogenated alkanes) is 1. The van der Waals surface area contributed by atoms with Crippen molar-refractivity contribution in [1.82, 2.24) is 10.2 Å². The van der Waals surface area contributed by atoms with Crippen molar-refractivity contribution in [1.29, 1.82) is 0 Å². The van der Waals surface area contributed by atoms with E-state index in [1.165, 1.54) is 0 Å². The first-order valence-electron chi connectivity index (χ1n) is 11.8. The highest BCUT2D eigenvalue weighted by Crippen LogP contribution is 2.26. The molecule has 5 heteroatoms. The Hall–Kier alpha value is -2.82. The van der Waals surface area contributed by atoms with Crippen LogP contribution in [0.3, 0.4) is 0 Å². The van der Waals surface area contributed by atoms with E-state index < -0.39 is 6.04 Å². The summed E-state index contributed by atoms with van der Waals surface area (Å²) in [6, 6.07) is 17.3. The molecule has 0 fully saturated rings. The lowest BCUT2D eigenvalue weighted by Crippen LogP contribution is -2.51. The van der Waals surface area contributed by atoms with Gasteiger partial charge in [0.15, 0.2) is 6.61 Å². The van der Waals surface area contributed by atoms with E-state index in [-0.39, 0.29) is 18.4 Å². The Bertz CT molecular complexity index is 836. The number of amides is 2. The van der Waals surface area contributed by atoms with Crippen LogP contribution in [0.2, 0.25) is 0 Å². The van der Waals surface area contributed by atoms with Crippen LogP contribution in [0.15, 0.2) is 54.6 Å². The van der Waals surface area contributed by atoms with Crippen LogP contribution >= 0.6 is 0 Å². The molecule has 0 radical (unpaired) electrons. The van der Waals surface area contributed by atoms with Gasteiger partial charge in [-0.15, -0.1) is 0 Å². The first-order chi connectivity index (χ1) is 15.5. The van der Waals surface area contributed by atoms with Crippen LogP contribution in [0.25, 0.3) is 0 Å². The predicted octanol–water partition coefficient (Wildman–Crippen LogP) is 4.96. The molecule has 5 nitrogen and oxygen atoms in total. The van der Waals surface area contributed by atoms with Crippen molar-refractivity contribution < 1.29 is 14.3 Å². The van der Waals surface area contributed by atoms with Gasteiger partial charge in [0.2, 0.25) is 5.91 Å². The zero-order valence-corrected chi connectivity index (χ0v) is 20.0. The van der Waals surface area contributed by atoms with E-state index in [0.717, 1.165) is 29.7 Å². The molecule has 2 aromatic rings. The molecule has 0 spiro atoms. The van der Waals surface area contributed by atoms with E-state index in [1.807, 2.05) is 61.5 Å². The summed E-state index contributed by atoms with van der Waals surface area (Å²) in [6.45, 7) is 9.25. The number of carbonyl (C=O) groups excluding carboxylic acids is 2. The van der Waals surface area contributed by atoms with Gasteiger partial charge >= 0.3 is 0 Å². The summed E-state index contributed by atoms with van der Waals surface area (Å²) in [5.41, 5.74) is 2.21. The first kappa shape index (κ1) is 25.4. The molecule has 0 bridgehead atoms. The fourth-order valence-corrected chi connectivity index (χ4v) is 3.71. The van der Waals surface area contributed by atoms with Crippen LogP contribution in [0, 0.1) is 0 Å². The average Bonchev–Trinajstić information content (AvgIpc) is 2.81. The molecule has 32 heavy (non-hydrogen) atoms. The third-order valence-corrected chi connectivity index (χ3v) is 5.59. The van der Waals surface area contributed by atoms with Crippen molar-refractivity contribution in [3.05, 3.63) is 65.7 Å². The third-order valence-electron chi connectivity index (χ3n) is 5.59. The standard InChI is InChI=1S/C27H38N2O3/c1-5-7-18-28-27(31)24(6-2)29(19-17-22-13-9-8-10-14-22)26(30)20-32-25-16-12-11-15-23(25)21(3)4/h8-16,21,24H,5-7,17-20H2,1-4H3,(H,28,31)/t24-/m1/s1. The van der Waals surface area contributed by atoms with Crippen LogP contribution in [0.1, 0.15) is 64.0 Å². The number of nitrogens with one attached hydrogen (secondary N) is 1. The van der Waals surface area contributed by atoms with Gasteiger partial charge in [0.25, 0.3) is 5.91 Å². The molecule has 0 aliphatic heterocycles. The number of ether oxygens (including phenoxy) is 1. The summed E-state index contributed by atoms with van der Waals surface area (Å²) in [4.78, 5) is 27.8. The quantitative estimate of drug-likeness (QED) is 0.450. The van der Waals surface area contributed by atoms with Gasteiger partial charge in [-0.1, -0.05) is 82.6 Å². The highest BCUT2D eigenvalue weighted by Gasteiger charge is 2.28. The number of carbonyl (C=O) groups is 2. The van der Waals surface area contributed by atoms with E-state index in [9.17, 15) is 9.59 Å². The maximum Gasteiger partial charge on any atom is 0.261 e. The molecule has 174 valence electrons. The van der Waals surface area contributed by atoms with Crippen molar-refractivity contribution in [3.63, 3.8) is 0 Å². The molecule has 1 N–H and O–H groups in total. The monoisotopic (exact) mass is 438 g/mol. The Kier molecular flexibility index (Phi) is 10.8. The second-order valence-electron chi connectivity index (χ2n) is 8.37. The zero-order chi connectivity index (χ0) is 23.3. The molecular weight excluding hydrogens is 400 g/mol. The number of benzene rings is 2. The molecule has 0 aliphatic rings. The lowest BCUT2D eigenvalue weighted by Gasteiger charge is -2.30. The number of para-hydroxylation sites is 1. The topological polar surface area (TPSA) is 58.6 Å². The van der Waals surface area contributed by atoms with E-state index in [1.54, 1.807) is 4.90 Å². The Morgan fingerprint density at radius 1 is 1.00 bits per heavy atom. The summed E-state index contributed by atoms with van der Waals surface area (Å²) in [6.07, 6.45) is 3.18. The molecule has 2 aromatic carbocycles. The number of hydrogen-bond acceptors (Lipinski definition) is 3. The largest absolute Gasteiger partial charge is 0.483 e. The van der Waals surface area contributed by atoms with Gasteiger partial charge in [0.05, 0.1) is 0 Å². The van der Waals surface area contributed by atoms with Crippen LogP contribution in [-0.4, -0.2) is 42.5 Å². The molecule has 1 atom stereocenters. The maximum atomic E-state index is 13.3. The highest BCUT2D eigenvalue weighted by atomic mass is 16.5. The van der Waals surface area contributed by atoms with Crippen molar-refractivity contribution in [2.24, 2.45) is 0 Å². The smallest absolute Gasteiger partial charge is 0.261 e. The third kappa shape index (κ3) is 7.70. The maximum absolute atomic E-state index is 13.3. The molecule has 2 amide bonds. The second-order valence-corrected chi connectivity index (χ2v) is 8.37. The zero-order valence-electron chi connectivity index (χ0n) is 20.0. The van der Waals surface area contributed by atoms with Crippen molar-refractivity contribution in [2.45, 2.75) is 65.3 Å². The van der Waals surface area contributed by atoms with E-state index in [2.05, 4.69) is 26.1 Å². The summed E-state index contributed by atoms with van der Waals surface area (Å²) in [5.74, 6) is 0.754. The molecule has 2 rings (SSSR count). The van der Waals surface area contributed by atoms with Crippen LogP contribution in [-0.2, 0) is 16.0 Å². The normalized spacial score (nSPS) is 11.8. The van der Waals surface area contributed by atoms with Crippen LogP contribution in [0.4, 0.5) is 0 Å². The fraction of sp³-hybridized carbons (Fsp3) is 0.481. The SMILES string of the molecule is CCCCNC(=O)[C@@H](CC)N(CCc1ccccc1)C(=O)COc1ccccc1C(C)C. The molecule has 0 unspecified atom stereocenters. The molecule has 0 aliphatic carbocycles. The average molecular weight is 439 g/mol. The van der Waals surface area contributed by atoms with Gasteiger partial charge in [0.1, 0.15) is 11.8 Å². The molecule has 0 saturated heterocycles. The van der Waals surface area contributed by atoms with Gasteiger partial charge in [-0.05, 0) is 42.4 Å². The molecule has 0 aromatic heterocycles. The van der Waals surface area contributed by atoms with Crippen molar-refractivity contribution in [3.8, 4) is 5.75 Å². The summed E-state index contributed by atoms with van der Waals surface area (Å²) < 4.78 is 5.94. The molecule has 0 saturated carbocycles. The molecular formula is C27H38N2O3. The Morgan fingerprint density at radius 2 is 1.69 bits per heavy atom. The predicted molar refractivity (Wildman–Crippen MR) is 130 cm³/mol. The summed E-state index contributed by atoms with van der Waals surface area (Å²) >= 11 is 0. The van der Waals surface area contributed by atoms with Gasteiger partial charge in [-0.3, -0.25) is 9.59 Å². The van der Waals surface area contributed by atoms with E-state index in [4.69, 9.17) is 4.74 Å². The Labute approximate surface area is 193 Å². The lowest BCUT2D eigenvalue weighted by atomic mass is 10.0. The minimum atomic E-state index is -0.507. The molecule has 0 heterocycles. The lowest BCUT2D eigenvalue weighted by molar-refractivity contribution is -0.142. The van der Waals surface area contributed by atoms with Crippen molar-refractivity contribution in [2.75, 3.05) is 19.7 Å². The minimum Gasteiger partial charge on any atom is -0.483 e. The number of hydrogen-bond donors (Lipinski definition) is 1. The highest BCUT2D eigenvalue weighted by molar-refractivity contribution is 5.88. The summed E-state index contributed by atoms with van der Waals surface area (Å²) in [7, 11) is 0. The minimum absolute atomic E-state index is 0.0860. The number of nitrogens with zero attached hydrogens (tertiary/aromatic N) is 1. The first-order valence-corrected chi connectivity index (χ1v) is 11.8. The fourth-order valence-electron chi connectivity index (χ4n) is 3.71. The summed E-state index contributed by atoms with van der Waals surface area (Å²) in [5, 5.41) is 2.99. The number of rotatable bonds is 13. The van der Waals surface area contributed by atoms with Crippen LogP contribution < -0.4 is 10.1 Å². The Balaban J connectivity index is 2.14. The van der Waals surface area contributed by atoms with Gasteiger partial charge in [0, 0.05) is 13.1 Å². The van der Waals surface area contributed by atoms with Gasteiger partial charge in [-0.2, -0.15) is 0 Å². The van der Waals surface area contributed by atoms with E-state index >= 15 is 0 Å². The van der Waals surface area contributed by atoms with Crippen LogP contribution in [0.5, 0.6) is 5.75 Å². The second kappa shape index (κ2) is 13.6. The van der Waals surface area contributed by atoms with Gasteiger partial charge < -0.3 is 15.0 Å². The Morgan fingerprint density at radius 3 is 2.34 bits per heavy atom.